The molecule has 4 heterocycles. The molecule has 43 heavy (non-hydrogen) atoms. The van der Waals surface area contributed by atoms with Gasteiger partial charge in [-0.25, -0.2) is 0 Å². The Balaban J connectivity index is 1.50. The minimum atomic E-state index is 0.0184. The van der Waals surface area contributed by atoms with Crippen LogP contribution in [0.5, 0.6) is 0 Å². The molecule has 1 aromatic heterocycles. The maximum atomic E-state index is 2.68. The topological polar surface area (TPSA) is 8.17 Å². The molecule has 2 nitrogen and oxygen atoms in total. The van der Waals surface area contributed by atoms with Crippen LogP contribution < -0.4 is 15.7 Å². The van der Waals surface area contributed by atoms with E-state index >= 15 is 0 Å². The van der Waals surface area contributed by atoms with Gasteiger partial charge in [-0.3, -0.25) is 0 Å². The van der Waals surface area contributed by atoms with Gasteiger partial charge < -0.3 is 9.38 Å². The van der Waals surface area contributed by atoms with E-state index in [0.717, 1.165) is 0 Å². The zero-order valence-corrected chi connectivity index (χ0v) is 26.8. The Hall–Kier alpha value is -3.89. The molecule has 0 saturated heterocycles. The van der Waals surface area contributed by atoms with E-state index in [0.29, 0.717) is 0 Å². The molecule has 0 fully saturated rings. The predicted octanol–water partition coefficient (Wildman–Crippen LogP) is 9.39. The molecule has 0 bridgehead atoms. The van der Waals surface area contributed by atoms with E-state index in [2.05, 4.69) is 143 Å². The second kappa shape index (κ2) is 8.18. The average Bonchev–Trinajstić information content (AvgIpc) is 3.30. The quantitative estimate of drug-likeness (QED) is 0.167. The summed E-state index contributed by atoms with van der Waals surface area (Å²) in [5, 5.41) is 2.73. The molecule has 0 N–H and O–H groups in total. The second-order valence-electron chi connectivity index (χ2n) is 14.8. The van der Waals surface area contributed by atoms with Crippen LogP contribution in [0.4, 0.5) is 11.4 Å². The molecule has 0 amide bonds. The Bertz CT molecular complexity index is 2210. The van der Waals surface area contributed by atoms with Gasteiger partial charge in [-0.05, 0) is 93.4 Å². The van der Waals surface area contributed by atoms with Crippen molar-refractivity contribution < 1.29 is 0 Å². The van der Waals surface area contributed by atoms with E-state index in [1.807, 2.05) is 11.8 Å². The first-order valence-electron chi connectivity index (χ1n) is 15.5. The summed E-state index contributed by atoms with van der Waals surface area (Å²) in [7, 11) is 0. The minimum Gasteiger partial charge on any atom is -0.374 e. The van der Waals surface area contributed by atoms with Crippen LogP contribution in [0.15, 0.2) is 94.7 Å². The number of benzene rings is 5. The van der Waals surface area contributed by atoms with Crippen LogP contribution in [0.2, 0.25) is 0 Å². The van der Waals surface area contributed by atoms with Crippen LogP contribution in [0, 0.1) is 6.92 Å². The van der Waals surface area contributed by atoms with E-state index in [9.17, 15) is 0 Å². The highest BCUT2D eigenvalue weighted by molar-refractivity contribution is 7.99. The van der Waals surface area contributed by atoms with Gasteiger partial charge in [0.05, 0.1) is 16.7 Å². The number of anilines is 2. The van der Waals surface area contributed by atoms with Gasteiger partial charge in [0.25, 0.3) is 0 Å². The third-order valence-electron chi connectivity index (χ3n) is 9.87. The Morgan fingerprint density at radius 3 is 2.19 bits per heavy atom. The maximum Gasteiger partial charge on any atom is 0.333 e. The molecule has 0 radical (unpaired) electrons. The molecule has 0 atom stereocenters. The lowest BCUT2D eigenvalue weighted by atomic mass is 9.43. The fourth-order valence-electron chi connectivity index (χ4n) is 7.75. The smallest absolute Gasteiger partial charge is 0.333 e. The summed E-state index contributed by atoms with van der Waals surface area (Å²) in [5.41, 5.74) is 16.4. The van der Waals surface area contributed by atoms with E-state index in [1.54, 1.807) is 0 Å². The maximum absolute atomic E-state index is 2.68. The van der Waals surface area contributed by atoms with E-state index in [-0.39, 0.29) is 17.7 Å². The number of aryl methyl sites for hydroxylation is 1. The van der Waals surface area contributed by atoms with Gasteiger partial charge in [0, 0.05) is 37.5 Å². The van der Waals surface area contributed by atoms with Crippen molar-refractivity contribution in [2.75, 3.05) is 4.81 Å². The van der Waals surface area contributed by atoms with Crippen LogP contribution in [0.3, 0.4) is 0 Å². The first-order valence-corrected chi connectivity index (χ1v) is 16.3. The van der Waals surface area contributed by atoms with Crippen molar-refractivity contribution >= 4 is 62.7 Å². The van der Waals surface area contributed by atoms with Crippen molar-refractivity contribution in [2.24, 2.45) is 0 Å². The Kier molecular flexibility index (Phi) is 4.87. The van der Waals surface area contributed by atoms with Crippen LogP contribution in [0.1, 0.15) is 58.2 Å². The zero-order chi connectivity index (χ0) is 29.6. The first-order chi connectivity index (χ1) is 20.5. The predicted molar refractivity (Wildman–Crippen MR) is 186 cm³/mol. The lowest BCUT2D eigenvalue weighted by Crippen LogP contribution is -2.61. The number of hydrogen-bond donors (Lipinski definition) is 0. The van der Waals surface area contributed by atoms with Crippen molar-refractivity contribution in [3.63, 3.8) is 0 Å². The summed E-state index contributed by atoms with van der Waals surface area (Å²) in [5.74, 6) is 0. The van der Waals surface area contributed by atoms with Crippen LogP contribution in [-0.2, 0) is 10.8 Å². The molecule has 9 rings (SSSR count). The van der Waals surface area contributed by atoms with E-state index in [1.165, 1.54) is 87.4 Å². The summed E-state index contributed by atoms with van der Waals surface area (Å²) in [6, 6.07) is 33.0. The molecular weight excluding hydrogens is 539 g/mol. The van der Waals surface area contributed by atoms with Gasteiger partial charge in [0.15, 0.2) is 0 Å². The van der Waals surface area contributed by atoms with Crippen LogP contribution in [-0.4, -0.2) is 11.4 Å². The number of hydrogen-bond acceptors (Lipinski definition) is 2. The first kappa shape index (κ1) is 25.6. The monoisotopic (exact) mass is 574 g/mol. The summed E-state index contributed by atoms with van der Waals surface area (Å²) < 4.78 is 2.60. The standard InChI is InChI=1S/C39H35BN2S/c1-22-17-27-25-11-10-14-34-37(25)42(31-12-8-9-13-33(31)43-34)40-29-21-24(39(5,6)7)20-28-26-19-23(38(2,3)4)15-16-30(26)41(36(28)29)32(18-22)35(27)40/h8-21H,1-7H3. The average molecular weight is 575 g/mol. The minimum absolute atomic E-state index is 0.0184. The van der Waals surface area contributed by atoms with Gasteiger partial charge in [-0.1, -0.05) is 95.8 Å². The molecule has 0 spiro atoms. The van der Waals surface area contributed by atoms with E-state index < -0.39 is 0 Å². The van der Waals surface area contributed by atoms with Crippen LogP contribution >= 0.6 is 11.8 Å². The second-order valence-corrected chi connectivity index (χ2v) is 15.9. The number of fused-ring (bicyclic) bond motifs is 9. The normalized spacial score (nSPS) is 14.7. The molecule has 0 unspecified atom stereocenters. The van der Waals surface area contributed by atoms with Gasteiger partial charge in [-0.2, -0.15) is 0 Å². The SMILES string of the molecule is Cc1cc2c3c(c1)-n1c4ccc(C(C)(C)C)cc4c4cc(C(C)(C)C)cc(c41)B3N1c3ccccc3Sc3cccc-2c31. The van der Waals surface area contributed by atoms with Gasteiger partial charge >= 0.3 is 6.85 Å². The van der Waals surface area contributed by atoms with Crippen molar-refractivity contribution in [3.05, 3.63) is 102 Å². The molecule has 210 valence electrons. The van der Waals surface area contributed by atoms with Crippen molar-refractivity contribution in [2.45, 2.75) is 69.1 Å². The molecule has 6 aromatic rings. The molecule has 4 heteroatoms. The summed E-state index contributed by atoms with van der Waals surface area (Å²) >= 11 is 1.91. The number of nitrogens with zero attached hydrogens (tertiary/aromatic N) is 2. The highest BCUT2D eigenvalue weighted by Gasteiger charge is 2.46. The highest BCUT2D eigenvalue weighted by atomic mass is 32.2. The Morgan fingerprint density at radius 2 is 1.40 bits per heavy atom. The largest absolute Gasteiger partial charge is 0.374 e. The number of para-hydroxylation sites is 2. The molecule has 0 aliphatic carbocycles. The Labute approximate surface area is 258 Å². The number of aromatic nitrogens is 1. The van der Waals surface area contributed by atoms with Crippen LogP contribution in [0.25, 0.3) is 38.6 Å². The van der Waals surface area contributed by atoms with Crippen molar-refractivity contribution in [1.82, 2.24) is 4.57 Å². The third kappa shape index (κ3) is 3.33. The lowest BCUT2D eigenvalue weighted by molar-refractivity contribution is 0.590. The molecule has 5 aromatic carbocycles. The van der Waals surface area contributed by atoms with Crippen molar-refractivity contribution in [3.8, 4) is 16.8 Å². The van der Waals surface area contributed by atoms with Crippen molar-refractivity contribution in [1.29, 1.82) is 0 Å². The molecular formula is C39H35BN2S. The highest BCUT2D eigenvalue weighted by Crippen LogP contribution is 2.55. The molecule has 0 saturated carbocycles. The summed E-state index contributed by atoms with van der Waals surface area (Å²) in [6.07, 6.45) is 0. The van der Waals surface area contributed by atoms with Gasteiger partial charge in [-0.15, -0.1) is 0 Å². The third-order valence-corrected chi connectivity index (χ3v) is 11.0. The molecule has 3 aliphatic heterocycles. The Morgan fingerprint density at radius 1 is 0.651 bits per heavy atom. The zero-order valence-electron chi connectivity index (χ0n) is 26.0. The lowest BCUT2D eigenvalue weighted by Gasteiger charge is -2.45. The summed E-state index contributed by atoms with van der Waals surface area (Å²) in [6.45, 7) is 16.4. The van der Waals surface area contributed by atoms with Gasteiger partial charge in [0.2, 0.25) is 0 Å². The number of rotatable bonds is 0. The summed E-state index contributed by atoms with van der Waals surface area (Å²) in [4.78, 5) is 5.35. The fraction of sp³-hybridized carbons (Fsp3) is 0.231. The van der Waals surface area contributed by atoms with E-state index in [4.69, 9.17) is 0 Å². The fourth-order valence-corrected chi connectivity index (χ4v) is 8.86. The molecule has 3 aliphatic rings. The van der Waals surface area contributed by atoms with Gasteiger partial charge in [0.1, 0.15) is 0 Å².